The van der Waals surface area contributed by atoms with E-state index >= 15 is 0 Å². The molecule has 1 atom stereocenters. The summed E-state index contributed by atoms with van der Waals surface area (Å²) < 4.78 is 5.26. The molecule has 1 rings (SSSR count). The smallest absolute Gasteiger partial charge is 0.0630 e. The number of hydrogen-bond acceptors (Lipinski definition) is 3. The predicted molar refractivity (Wildman–Crippen MR) is 59.6 cm³/mol. The lowest BCUT2D eigenvalue weighted by molar-refractivity contribution is 0.0817. The van der Waals surface area contributed by atoms with Gasteiger partial charge in [-0.3, -0.25) is 4.90 Å². The first-order valence-electron chi connectivity index (χ1n) is 5.65. The van der Waals surface area contributed by atoms with Crippen LogP contribution in [0, 0.1) is 0 Å². The van der Waals surface area contributed by atoms with Crippen molar-refractivity contribution in [1.29, 1.82) is 0 Å². The fraction of sp³-hybridized carbons (Fsp3) is 1.00. The summed E-state index contributed by atoms with van der Waals surface area (Å²) in [5, 5.41) is 3.24. The molecule has 84 valence electrons. The second kappa shape index (κ2) is 6.38. The molecule has 1 saturated carbocycles. The second-order valence-electron chi connectivity index (χ2n) is 4.27. The first-order chi connectivity index (χ1) is 6.79. The van der Waals surface area contributed by atoms with Crippen LogP contribution in [-0.4, -0.2) is 51.3 Å². The third-order valence-corrected chi connectivity index (χ3v) is 3.28. The largest absolute Gasteiger partial charge is 0.383 e. The maximum absolute atomic E-state index is 5.26. The molecule has 1 fully saturated rings. The standard InChI is InChI=1S/C11H24N2O/c1-12-8-11(9-14-3)13(2)10-6-4-5-7-10/h10-12H,4-9H2,1-3H3. The summed E-state index contributed by atoms with van der Waals surface area (Å²) >= 11 is 0. The third-order valence-electron chi connectivity index (χ3n) is 3.28. The molecule has 0 amide bonds. The molecule has 3 heteroatoms. The summed E-state index contributed by atoms with van der Waals surface area (Å²) in [7, 11) is 6.02. The highest BCUT2D eigenvalue weighted by Gasteiger charge is 2.24. The Hall–Kier alpha value is -0.120. The molecule has 0 aromatic heterocycles. The number of hydrogen-bond donors (Lipinski definition) is 1. The predicted octanol–water partition coefficient (Wildman–Crippen LogP) is 1.10. The average Bonchev–Trinajstić information content (AvgIpc) is 2.69. The molecule has 0 aliphatic heterocycles. The second-order valence-corrected chi connectivity index (χ2v) is 4.27. The summed E-state index contributed by atoms with van der Waals surface area (Å²) in [5.41, 5.74) is 0. The van der Waals surface area contributed by atoms with Crippen LogP contribution in [0.4, 0.5) is 0 Å². The fourth-order valence-corrected chi connectivity index (χ4v) is 2.36. The van der Waals surface area contributed by atoms with Gasteiger partial charge in [0.15, 0.2) is 0 Å². The fourth-order valence-electron chi connectivity index (χ4n) is 2.36. The summed E-state index contributed by atoms with van der Waals surface area (Å²) in [4.78, 5) is 2.49. The molecule has 1 aliphatic carbocycles. The minimum Gasteiger partial charge on any atom is -0.383 e. The van der Waals surface area contributed by atoms with Gasteiger partial charge in [-0.15, -0.1) is 0 Å². The van der Waals surface area contributed by atoms with Crippen molar-refractivity contribution in [1.82, 2.24) is 10.2 Å². The quantitative estimate of drug-likeness (QED) is 0.695. The van der Waals surface area contributed by atoms with Crippen LogP contribution >= 0.6 is 0 Å². The van der Waals surface area contributed by atoms with Gasteiger partial charge in [0.2, 0.25) is 0 Å². The highest BCUT2D eigenvalue weighted by molar-refractivity contribution is 4.81. The molecule has 1 unspecified atom stereocenters. The van der Waals surface area contributed by atoms with Crippen molar-refractivity contribution in [2.24, 2.45) is 0 Å². The molecule has 0 bridgehead atoms. The molecule has 1 N–H and O–H groups in total. The van der Waals surface area contributed by atoms with Gasteiger partial charge < -0.3 is 10.1 Å². The van der Waals surface area contributed by atoms with Crippen LogP contribution in [0.2, 0.25) is 0 Å². The van der Waals surface area contributed by atoms with E-state index in [9.17, 15) is 0 Å². The molecular weight excluding hydrogens is 176 g/mol. The van der Waals surface area contributed by atoms with Crippen molar-refractivity contribution < 1.29 is 4.74 Å². The minimum atomic E-state index is 0.521. The molecule has 1 aliphatic rings. The Balaban J connectivity index is 2.39. The summed E-state index contributed by atoms with van der Waals surface area (Å²) in [6.45, 7) is 1.84. The van der Waals surface area contributed by atoms with Crippen LogP contribution in [0.5, 0.6) is 0 Å². The lowest BCUT2D eigenvalue weighted by Gasteiger charge is -2.32. The van der Waals surface area contributed by atoms with Crippen molar-refractivity contribution in [3.8, 4) is 0 Å². The van der Waals surface area contributed by atoms with Crippen LogP contribution in [0.25, 0.3) is 0 Å². The van der Waals surface area contributed by atoms with Gasteiger partial charge in [0.05, 0.1) is 6.61 Å². The monoisotopic (exact) mass is 200 g/mol. The van der Waals surface area contributed by atoms with E-state index in [-0.39, 0.29) is 0 Å². The van der Waals surface area contributed by atoms with Crippen LogP contribution in [0.15, 0.2) is 0 Å². The highest BCUT2D eigenvalue weighted by Crippen LogP contribution is 2.23. The molecule has 0 aromatic carbocycles. The lowest BCUT2D eigenvalue weighted by Crippen LogP contribution is -2.46. The lowest BCUT2D eigenvalue weighted by atomic mass is 10.1. The van der Waals surface area contributed by atoms with Gasteiger partial charge in [-0.05, 0) is 26.9 Å². The van der Waals surface area contributed by atoms with E-state index in [0.717, 1.165) is 19.2 Å². The number of methoxy groups -OCH3 is 1. The Morgan fingerprint density at radius 1 is 1.43 bits per heavy atom. The highest BCUT2D eigenvalue weighted by atomic mass is 16.5. The molecule has 3 nitrogen and oxygen atoms in total. The van der Waals surface area contributed by atoms with Crippen LogP contribution in [-0.2, 0) is 4.74 Å². The van der Waals surface area contributed by atoms with Crippen molar-refractivity contribution in [3.63, 3.8) is 0 Å². The van der Waals surface area contributed by atoms with Gasteiger partial charge in [0.1, 0.15) is 0 Å². The molecule has 14 heavy (non-hydrogen) atoms. The van der Waals surface area contributed by atoms with Crippen LogP contribution in [0.1, 0.15) is 25.7 Å². The van der Waals surface area contributed by atoms with E-state index in [4.69, 9.17) is 4.74 Å². The Labute approximate surface area is 87.8 Å². The van der Waals surface area contributed by atoms with Crippen LogP contribution < -0.4 is 5.32 Å². The number of nitrogens with zero attached hydrogens (tertiary/aromatic N) is 1. The Morgan fingerprint density at radius 2 is 2.07 bits per heavy atom. The molecular formula is C11H24N2O. The summed E-state index contributed by atoms with van der Waals surface area (Å²) in [5.74, 6) is 0. The number of likely N-dealkylation sites (N-methyl/N-ethyl adjacent to an activating group) is 2. The van der Waals surface area contributed by atoms with Crippen LogP contribution in [0.3, 0.4) is 0 Å². The Kier molecular flexibility index (Phi) is 5.45. The maximum atomic E-state index is 5.26. The SMILES string of the molecule is CNCC(COC)N(C)C1CCCC1. The normalized spacial score (nSPS) is 20.6. The zero-order chi connectivity index (χ0) is 10.4. The van der Waals surface area contributed by atoms with E-state index < -0.39 is 0 Å². The van der Waals surface area contributed by atoms with Gasteiger partial charge in [-0.25, -0.2) is 0 Å². The van der Waals surface area contributed by atoms with E-state index in [2.05, 4.69) is 17.3 Å². The first-order valence-corrected chi connectivity index (χ1v) is 5.65. The molecule has 0 radical (unpaired) electrons. The molecule has 0 spiro atoms. The molecule has 0 heterocycles. The van der Waals surface area contributed by atoms with Gasteiger partial charge in [0.25, 0.3) is 0 Å². The summed E-state index contributed by atoms with van der Waals surface area (Å²) in [6, 6.07) is 1.30. The van der Waals surface area contributed by atoms with Crippen molar-refractivity contribution in [2.75, 3.05) is 34.4 Å². The molecule has 0 saturated heterocycles. The number of rotatable bonds is 6. The van der Waals surface area contributed by atoms with Gasteiger partial charge in [-0.1, -0.05) is 12.8 Å². The van der Waals surface area contributed by atoms with E-state index in [1.165, 1.54) is 25.7 Å². The van der Waals surface area contributed by atoms with Crippen molar-refractivity contribution in [2.45, 2.75) is 37.8 Å². The van der Waals surface area contributed by atoms with Crippen molar-refractivity contribution >= 4 is 0 Å². The Bertz CT molecular complexity index is 140. The third kappa shape index (κ3) is 3.23. The van der Waals surface area contributed by atoms with E-state index in [1.54, 1.807) is 7.11 Å². The van der Waals surface area contributed by atoms with E-state index in [0.29, 0.717) is 6.04 Å². The number of ether oxygens (including phenoxy) is 1. The maximum Gasteiger partial charge on any atom is 0.0630 e. The average molecular weight is 200 g/mol. The minimum absolute atomic E-state index is 0.521. The number of nitrogens with one attached hydrogen (secondary N) is 1. The van der Waals surface area contributed by atoms with E-state index in [1.807, 2.05) is 7.05 Å². The van der Waals surface area contributed by atoms with Gasteiger partial charge >= 0.3 is 0 Å². The van der Waals surface area contributed by atoms with Crippen molar-refractivity contribution in [3.05, 3.63) is 0 Å². The van der Waals surface area contributed by atoms with Gasteiger partial charge in [-0.2, -0.15) is 0 Å². The topological polar surface area (TPSA) is 24.5 Å². The zero-order valence-corrected chi connectivity index (χ0v) is 9.75. The zero-order valence-electron chi connectivity index (χ0n) is 9.75. The molecule has 0 aromatic rings. The summed E-state index contributed by atoms with van der Waals surface area (Å²) in [6.07, 6.45) is 5.52. The first kappa shape index (κ1) is 12.0. The Morgan fingerprint density at radius 3 is 2.57 bits per heavy atom. The van der Waals surface area contributed by atoms with Gasteiger partial charge in [0, 0.05) is 25.7 Å².